The average Bonchev–Trinajstić information content (AvgIpc) is 3.19. The van der Waals surface area contributed by atoms with Crippen LogP contribution in [-0.2, 0) is 9.47 Å². The number of carbonyl (C=O) groups excluding carboxylic acids is 1. The molecule has 1 amide bonds. The molecule has 122 valence electrons. The lowest BCUT2D eigenvalue weighted by atomic mass is 9.88. The number of hydrogen-bond donors (Lipinski definition) is 0. The number of amides is 1. The van der Waals surface area contributed by atoms with E-state index < -0.39 is 0 Å². The molecule has 1 atom stereocenters. The maximum atomic E-state index is 12.8. The molecule has 2 aliphatic rings. The molecule has 0 saturated carbocycles. The number of likely N-dealkylation sites (tertiary alicyclic amines) is 1. The fourth-order valence-corrected chi connectivity index (χ4v) is 4.69. The summed E-state index contributed by atoms with van der Waals surface area (Å²) in [6, 6.07) is 10.2. The fourth-order valence-electron chi connectivity index (χ4n) is 3.66. The third kappa shape index (κ3) is 2.77. The molecule has 2 saturated heterocycles. The van der Waals surface area contributed by atoms with Crippen molar-refractivity contribution >= 4 is 27.3 Å². The molecule has 4 rings (SSSR count). The smallest absolute Gasteiger partial charge is 0.263 e. The zero-order valence-corrected chi connectivity index (χ0v) is 14.1. The molecule has 0 bridgehead atoms. The third-order valence-electron chi connectivity index (χ3n) is 5.11. The number of thiophene rings is 1. The van der Waals surface area contributed by atoms with Crippen molar-refractivity contribution in [2.24, 2.45) is 0 Å². The summed E-state index contributed by atoms with van der Waals surface area (Å²) in [5.74, 6) is 0.155. The molecule has 1 aromatic heterocycles. The van der Waals surface area contributed by atoms with E-state index in [9.17, 15) is 4.79 Å². The quantitative estimate of drug-likeness (QED) is 0.847. The van der Waals surface area contributed by atoms with Gasteiger partial charge in [0.1, 0.15) is 0 Å². The number of piperidine rings is 1. The van der Waals surface area contributed by atoms with Gasteiger partial charge in [0.25, 0.3) is 5.91 Å². The van der Waals surface area contributed by atoms with Crippen LogP contribution in [0.5, 0.6) is 0 Å². The second-order valence-electron chi connectivity index (χ2n) is 6.50. The Labute approximate surface area is 140 Å². The SMILES string of the molecule is COC1COC2(CCN(C(=O)c3cc4ccccc4s3)CC2)C1. The van der Waals surface area contributed by atoms with E-state index in [1.54, 1.807) is 18.4 Å². The minimum absolute atomic E-state index is 0.0718. The van der Waals surface area contributed by atoms with E-state index in [1.165, 1.54) is 4.70 Å². The van der Waals surface area contributed by atoms with Crippen LogP contribution in [-0.4, -0.2) is 49.3 Å². The second kappa shape index (κ2) is 5.89. The molecule has 1 unspecified atom stereocenters. The van der Waals surface area contributed by atoms with Gasteiger partial charge in [-0.1, -0.05) is 18.2 Å². The van der Waals surface area contributed by atoms with Crippen LogP contribution in [0.1, 0.15) is 28.9 Å². The Kier molecular flexibility index (Phi) is 3.87. The molecule has 0 radical (unpaired) electrons. The monoisotopic (exact) mass is 331 g/mol. The van der Waals surface area contributed by atoms with Gasteiger partial charge >= 0.3 is 0 Å². The van der Waals surface area contributed by atoms with Crippen LogP contribution in [0.4, 0.5) is 0 Å². The first kappa shape index (κ1) is 15.1. The van der Waals surface area contributed by atoms with Gasteiger partial charge in [-0.05, 0) is 30.4 Å². The molecule has 0 N–H and O–H groups in total. The first-order valence-electron chi connectivity index (χ1n) is 8.14. The second-order valence-corrected chi connectivity index (χ2v) is 7.58. The van der Waals surface area contributed by atoms with Crippen LogP contribution in [0.25, 0.3) is 10.1 Å². The van der Waals surface area contributed by atoms with Crippen molar-refractivity contribution < 1.29 is 14.3 Å². The summed E-state index contributed by atoms with van der Waals surface area (Å²) < 4.78 is 12.6. The summed E-state index contributed by atoms with van der Waals surface area (Å²) >= 11 is 1.58. The van der Waals surface area contributed by atoms with Crippen LogP contribution in [0, 0.1) is 0 Å². The van der Waals surface area contributed by atoms with E-state index in [4.69, 9.17) is 9.47 Å². The van der Waals surface area contributed by atoms with E-state index in [2.05, 4.69) is 12.1 Å². The Bertz CT molecular complexity index is 685. The number of nitrogens with zero attached hydrogens (tertiary/aromatic N) is 1. The predicted octanol–water partition coefficient (Wildman–Crippen LogP) is 3.31. The molecule has 5 heteroatoms. The molecule has 4 nitrogen and oxygen atoms in total. The van der Waals surface area contributed by atoms with Gasteiger partial charge in [0.2, 0.25) is 0 Å². The molecule has 2 fully saturated rings. The highest BCUT2D eigenvalue weighted by Crippen LogP contribution is 2.37. The molecule has 3 heterocycles. The van der Waals surface area contributed by atoms with E-state index in [0.717, 1.165) is 42.6 Å². The van der Waals surface area contributed by atoms with Gasteiger partial charge in [0, 0.05) is 31.3 Å². The Morgan fingerprint density at radius 3 is 2.83 bits per heavy atom. The number of ether oxygens (including phenoxy) is 2. The van der Waals surface area contributed by atoms with E-state index in [-0.39, 0.29) is 17.6 Å². The highest BCUT2D eigenvalue weighted by Gasteiger charge is 2.43. The van der Waals surface area contributed by atoms with Gasteiger partial charge in [-0.25, -0.2) is 0 Å². The van der Waals surface area contributed by atoms with Crippen LogP contribution < -0.4 is 0 Å². The summed E-state index contributed by atoms with van der Waals surface area (Å²) in [7, 11) is 1.74. The van der Waals surface area contributed by atoms with Gasteiger partial charge in [0.05, 0.1) is 23.2 Å². The third-order valence-corrected chi connectivity index (χ3v) is 6.21. The van der Waals surface area contributed by atoms with E-state index >= 15 is 0 Å². The largest absolute Gasteiger partial charge is 0.379 e. The Morgan fingerprint density at radius 2 is 2.13 bits per heavy atom. The van der Waals surface area contributed by atoms with Gasteiger partial charge in [-0.3, -0.25) is 4.79 Å². The van der Waals surface area contributed by atoms with Crippen molar-refractivity contribution in [3.8, 4) is 0 Å². The highest BCUT2D eigenvalue weighted by atomic mass is 32.1. The Hall–Kier alpha value is -1.43. The van der Waals surface area contributed by atoms with Crippen molar-refractivity contribution in [2.45, 2.75) is 31.0 Å². The van der Waals surface area contributed by atoms with Gasteiger partial charge in [-0.15, -0.1) is 11.3 Å². The lowest BCUT2D eigenvalue weighted by Crippen LogP contribution is -2.46. The van der Waals surface area contributed by atoms with Crippen molar-refractivity contribution in [2.75, 3.05) is 26.8 Å². The van der Waals surface area contributed by atoms with Crippen molar-refractivity contribution in [3.63, 3.8) is 0 Å². The van der Waals surface area contributed by atoms with Crippen LogP contribution in [0.15, 0.2) is 30.3 Å². The molecule has 2 aliphatic heterocycles. The van der Waals surface area contributed by atoms with Crippen LogP contribution >= 0.6 is 11.3 Å². The maximum Gasteiger partial charge on any atom is 0.263 e. The van der Waals surface area contributed by atoms with E-state index in [1.807, 2.05) is 23.1 Å². The summed E-state index contributed by atoms with van der Waals surface area (Å²) in [6.07, 6.45) is 2.97. The van der Waals surface area contributed by atoms with Gasteiger partial charge in [-0.2, -0.15) is 0 Å². The van der Waals surface area contributed by atoms with Gasteiger partial charge < -0.3 is 14.4 Å². The summed E-state index contributed by atoms with van der Waals surface area (Å²) in [5.41, 5.74) is -0.0718. The zero-order chi connectivity index (χ0) is 15.9. The molecule has 23 heavy (non-hydrogen) atoms. The minimum Gasteiger partial charge on any atom is -0.379 e. The molecular weight excluding hydrogens is 310 g/mol. The zero-order valence-electron chi connectivity index (χ0n) is 13.3. The topological polar surface area (TPSA) is 38.8 Å². The van der Waals surface area contributed by atoms with E-state index in [0.29, 0.717) is 6.61 Å². The van der Waals surface area contributed by atoms with Crippen LogP contribution in [0.2, 0.25) is 0 Å². The standard InChI is InChI=1S/C18H21NO3S/c1-21-14-11-18(22-12-14)6-8-19(9-7-18)17(20)16-10-13-4-2-3-5-15(13)23-16/h2-5,10,14H,6-9,11-12H2,1H3. The number of carbonyl (C=O) groups is 1. The van der Waals surface area contributed by atoms with Crippen molar-refractivity contribution in [3.05, 3.63) is 35.2 Å². The first-order valence-corrected chi connectivity index (χ1v) is 8.95. The fraction of sp³-hybridized carbons (Fsp3) is 0.500. The summed E-state index contributed by atoms with van der Waals surface area (Å²) in [5, 5.41) is 1.15. The number of methoxy groups -OCH3 is 1. The summed E-state index contributed by atoms with van der Waals surface area (Å²) in [4.78, 5) is 15.6. The lowest BCUT2D eigenvalue weighted by Gasteiger charge is -2.38. The number of hydrogen-bond acceptors (Lipinski definition) is 4. The Balaban J connectivity index is 1.45. The predicted molar refractivity (Wildman–Crippen MR) is 91.1 cm³/mol. The van der Waals surface area contributed by atoms with Gasteiger partial charge in [0.15, 0.2) is 0 Å². The lowest BCUT2D eigenvalue weighted by molar-refractivity contribution is -0.0401. The average molecular weight is 331 g/mol. The number of benzene rings is 1. The van der Waals surface area contributed by atoms with Crippen molar-refractivity contribution in [1.82, 2.24) is 4.90 Å². The molecule has 1 aromatic carbocycles. The normalized spacial score (nSPS) is 23.7. The number of fused-ring (bicyclic) bond motifs is 1. The summed E-state index contributed by atoms with van der Waals surface area (Å²) in [6.45, 7) is 2.22. The minimum atomic E-state index is -0.0718. The maximum absolute atomic E-state index is 12.8. The van der Waals surface area contributed by atoms with Crippen LogP contribution in [0.3, 0.4) is 0 Å². The molecule has 0 aliphatic carbocycles. The molecule has 1 spiro atoms. The number of rotatable bonds is 2. The Morgan fingerprint density at radius 1 is 1.35 bits per heavy atom. The highest BCUT2D eigenvalue weighted by molar-refractivity contribution is 7.20. The van der Waals surface area contributed by atoms with Crippen molar-refractivity contribution in [1.29, 1.82) is 0 Å². The molecule has 2 aromatic rings. The molecular formula is C18H21NO3S. The first-order chi connectivity index (χ1) is 11.2.